The Morgan fingerprint density at radius 3 is 2.50 bits per heavy atom. The molecule has 0 unspecified atom stereocenters. The summed E-state index contributed by atoms with van der Waals surface area (Å²) in [7, 11) is 1.77. The summed E-state index contributed by atoms with van der Waals surface area (Å²) >= 11 is 0. The monoisotopic (exact) mass is 214 g/mol. The van der Waals surface area contributed by atoms with Gasteiger partial charge in [0.25, 0.3) is 0 Å². The van der Waals surface area contributed by atoms with Crippen LogP contribution in [0.5, 0.6) is 0 Å². The van der Waals surface area contributed by atoms with Crippen molar-refractivity contribution in [3.05, 3.63) is 48.0 Å². The van der Waals surface area contributed by atoms with Crippen molar-refractivity contribution in [1.82, 2.24) is 0 Å². The number of allylic oxidation sites excluding steroid dienone is 2. The molecule has 0 radical (unpaired) electrons. The number of amidine groups is 1. The molecule has 0 aliphatic rings. The van der Waals surface area contributed by atoms with Gasteiger partial charge in [0.2, 0.25) is 0 Å². The van der Waals surface area contributed by atoms with Gasteiger partial charge in [-0.05, 0) is 13.8 Å². The van der Waals surface area contributed by atoms with Crippen LogP contribution in [0.4, 0.5) is 0 Å². The number of hydrogen-bond donors (Lipinski definition) is 0. The number of aliphatic imine (C=N–C) groups is 2. The zero-order valence-corrected chi connectivity index (χ0v) is 10.1. The first-order valence-electron chi connectivity index (χ1n) is 5.45. The number of rotatable bonds is 3. The molecule has 0 saturated carbocycles. The second-order valence-corrected chi connectivity index (χ2v) is 3.53. The van der Waals surface area contributed by atoms with Crippen LogP contribution in [0.3, 0.4) is 0 Å². The molecular weight excluding hydrogens is 196 g/mol. The molecule has 2 nitrogen and oxygen atoms in total. The number of hydrogen-bond acceptors (Lipinski definition) is 1. The molecule has 0 spiro atoms. The summed E-state index contributed by atoms with van der Waals surface area (Å²) in [5, 5.41) is 0. The van der Waals surface area contributed by atoms with E-state index in [1.807, 2.05) is 50.3 Å². The number of nitrogens with zero attached hydrogens (tertiary/aromatic N) is 2. The van der Waals surface area contributed by atoms with Crippen LogP contribution in [-0.2, 0) is 0 Å². The van der Waals surface area contributed by atoms with E-state index in [9.17, 15) is 0 Å². The van der Waals surface area contributed by atoms with Gasteiger partial charge in [0.15, 0.2) is 5.84 Å². The average Bonchev–Trinajstić information content (AvgIpc) is 2.34. The van der Waals surface area contributed by atoms with E-state index in [-0.39, 0.29) is 0 Å². The van der Waals surface area contributed by atoms with E-state index >= 15 is 0 Å². The average molecular weight is 214 g/mol. The Labute approximate surface area is 97.5 Å². The van der Waals surface area contributed by atoms with E-state index < -0.39 is 0 Å². The predicted molar refractivity (Wildman–Crippen MR) is 71.4 cm³/mol. The van der Waals surface area contributed by atoms with Gasteiger partial charge in [-0.25, -0.2) is 4.99 Å². The van der Waals surface area contributed by atoms with Gasteiger partial charge in [-0.3, -0.25) is 4.99 Å². The Hall–Kier alpha value is -1.70. The van der Waals surface area contributed by atoms with Crippen LogP contribution in [0, 0.1) is 0 Å². The first-order chi connectivity index (χ1) is 7.77. The zero-order chi connectivity index (χ0) is 11.8. The zero-order valence-electron chi connectivity index (χ0n) is 10.1. The second-order valence-electron chi connectivity index (χ2n) is 3.53. The quantitative estimate of drug-likeness (QED) is 0.418. The highest BCUT2D eigenvalue weighted by molar-refractivity contribution is 6.06. The third-order valence-electron chi connectivity index (χ3n) is 2.19. The summed E-state index contributed by atoms with van der Waals surface area (Å²) in [5.74, 6) is 0.794. The highest BCUT2D eigenvalue weighted by atomic mass is 14.9. The second kappa shape index (κ2) is 6.72. The molecule has 0 bridgehead atoms. The van der Waals surface area contributed by atoms with Gasteiger partial charge in [0.05, 0.1) is 0 Å². The Kier molecular flexibility index (Phi) is 5.20. The summed E-state index contributed by atoms with van der Waals surface area (Å²) in [6.45, 7) is 4.04. The molecule has 2 heteroatoms. The van der Waals surface area contributed by atoms with Crippen LogP contribution in [-0.4, -0.2) is 18.6 Å². The van der Waals surface area contributed by atoms with Gasteiger partial charge >= 0.3 is 0 Å². The van der Waals surface area contributed by atoms with E-state index in [2.05, 4.69) is 16.1 Å². The molecule has 1 rings (SSSR count). The fourth-order valence-corrected chi connectivity index (χ4v) is 1.35. The van der Waals surface area contributed by atoms with E-state index in [1.165, 1.54) is 0 Å². The van der Waals surface area contributed by atoms with Gasteiger partial charge in [-0.1, -0.05) is 42.5 Å². The number of benzene rings is 1. The normalized spacial score (nSPS) is 13.4. The lowest BCUT2D eigenvalue weighted by atomic mass is 10.2. The first kappa shape index (κ1) is 12.4. The van der Waals surface area contributed by atoms with Crippen LogP contribution in [0.15, 0.2) is 52.5 Å². The summed E-state index contributed by atoms with van der Waals surface area (Å²) in [6.07, 6.45) is 5.00. The largest absolute Gasteiger partial charge is 0.270 e. The van der Waals surface area contributed by atoms with Crippen molar-refractivity contribution in [3.63, 3.8) is 0 Å². The standard InChI is InChI=1S/C14H18N2/c1-4-5-9-12(2)16-14(15-3)13-10-7-6-8-11-13/h4-8,10-11H,9H2,1-3H3/b5-4-,15-14?,16-12?. The summed E-state index contributed by atoms with van der Waals surface area (Å²) in [5.41, 5.74) is 2.13. The van der Waals surface area contributed by atoms with Gasteiger partial charge in [-0.2, -0.15) is 0 Å². The third kappa shape index (κ3) is 3.81. The molecular formula is C14H18N2. The highest BCUT2D eigenvalue weighted by Crippen LogP contribution is 2.03. The van der Waals surface area contributed by atoms with Crippen molar-refractivity contribution in [1.29, 1.82) is 0 Å². The van der Waals surface area contributed by atoms with Crippen molar-refractivity contribution in [2.45, 2.75) is 20.3 Å². The van der Waals surface area contributed by atoms with Crippen LogP contribution >= 0.6 is 0 Å². The highest BCUT2D eigenvalue weighted by Gasteiger charge is 1.99. The third-order valence-corrected chi connectivity index (χ3v) is 2.19. The lowest BCUT2D eigenvalue weighted by Gasteiger charge is -2.01. The first-order valence-corrected chi connectivity index (χ1v) is 5.45. The van der Waals surface area contributed by atoms with Crippen molar-refractivity contribution in [2.75, 3.05) is 7.05 Å². The van der Waals surface area contributed by atoms with Crippen molar-refractivity contribution < 1.29 is 0 Å². The lowest BCUT2D eigenvalue weighted by molar-refractivity contribution is 1.34. The van der Waals surface area contributed by atoms with E-state index in [0.29, 0.717) is 0 Å². The minimum Gasteiger partial charge on any atom is -0.270 e. The molecule has 0 saturated heterocycles. The van der Waals surface area contributed by atoms with E-state index in [1.54, 1.807) is 7.05 Å². The maximum atomic E-state index is 4.52. The Bertz CT molecular complexity index is 400. The molecule has 1 aromatic carbocycles. The molecule has 0 aliphatic carbocycles. The molecule has 84 valence electrons. The Balaban J connectivity index is 2.85. The van der Waals surface area contributed by atoms with Crippen molar-refractivity contribution in [3.8, 4) is 0 Å². The fraction of sp³-hybridized carbons (Fsp3) is 0.286. The lowest BCUT2D eigenvalue weighted by Crippen LogP contribution is -2.01. The smallest absolute Gasteiger partial charge is 0.154 e. The maximum absolute atomic E-state index is 4.52. The SMILES string of the molecule is C/C=C\CC(C)=NC(=NC)c1ccccc1. The van der Waals surface area contributed by atoms with E-state index in [4.69, 9.17) is 0 Å². The molecule has 0 atom stereocenters. The molecule has 0 heterocycles. The van der Waals surface area contributed by atoms with Crippen LogP contribution in [0.2, 0.25) is 0 Å². The van der Waals surface area contributed by atoms with Crippen molar-refractivity contribution >= 4 is 11.5 Å². The molecule has 0 amide bonds. The van der Waals surface area contributed by atoms with Gasteiger partial charge < -0.3 is 0 Å². The molecule has 16 heavy (non-hydrogen) atoms. The van der Waals surface area contributed by atoms with Crippen LogP contribution in [0.1, 0.15) is 25.8 Å². The maximum Gasteiger partial charge on any atom is 0.154 e. The van der Waals surface area contributed by atoms with Crippen LogP contribution < -0.4 is 0 Å². The van der Waals surface area contributed by atoms with Gasteiger partial charge in [0, 0.05) is 24.7 Å². The van der Waals surface area contributed by atoms with Gasteiger partial charge in [0.1, 0.15) is 0 Å². The summed E-state index contributed by atoms with van der Waals surface area (Å²) < 4.78 is 0. The minimum absolute atomic E-state index is 0.794. The molecule has 0 aliphatic heterocycles. The topological polar surface area (TPSA) is 24.7 Å². The molecule has 0 aromatic heterocycles. The summed E-state index contributed by atoms with van der Waals surface area (Å²) in [4.78, 5) is 8.73. The molecule has 1 aromatic rings. The predicted octanol–water partition coefficient (Wildman–Crippen LogP) is 3.49. The Morgan fingerprint density at radius 2 is 1.94 bits per heavy atom. The van der Waals surface area contributed by atoms with E-state index in [0.717, 1.165) is 23.5 Å². The Morgan fingerprint density at radius 1 is 1.25 bits per heavy atom. The molecule has 0 N–H and O–H groups in total. The van der Waals surface area contributed by atoms with Crippen LogP contribution in [0.25, 0.3) is 0 Å². The van der Waals surface area contributed by atoms with Crippen molar-refractivity contribution in [2.24, 2.45) is 9.98 Å². The summed E-state index contributed by atoms with van der Waals surface area (Å²) in [6, 6.07) is 10.0. The minimum atomic E-state index is 0.794. The molecule has 0 fully saturated rings. The fourth-order valence-electron chi connectivity index (χ4n) is 1.35. The van der Waals surface area contributed by atoms with Gasteiger partial charge in [-0.15, -0.1) is 0 Å².